The van der Waals surface area contributed by atoms with Gasteiger partial charge in [0.25, 0.3) is 0 Å². The molecule has 3 heteroatoms. The number of rotatable bonds is 5. The lowest BCUT2D eigenvalue weighted by Crippen LogP contribution is -2.59. The van der Waals surface area contributed by atoms with Gasteiger partial charge < -0.3 is 15.3 Å². The van der Waals surface area contributed by atoms with Crippen molar-refractivity contribution in [2.24, 2.45) is 51.2 Å². The first kappa shape index (κ1) is 25.1. The first-order valence-electron chi connectivity index (χ1n) is 13.7. The van der Waals surface area contributed by atoms with Crippen molar-refractivity contribution in [3.8, 4) is 0 Å². The van der Waals surface area contributed by atoms with Gasteiger partial charge in [0.15, 0.2) is 5.76 Å². The molecule has 3 N–H and O–H groups in total. The molecule has 3 nitrogen and oxygen atoms in total. The Morgan fingerprint density at radius 2 is 1.58 bits per heavy atom. The summed E-state index contributed by atoms with van der Waals surface area (Å²) < 4.78 is 0. The largest absolute Gasteiger partial charge is 0.508 e. The van der Waals surface area contributed by atoms with Gasteiger partial charge in [0.2, 0.25) is 0 Å². The first-order valence-corrected chi connectivity index (χ1v) is 13.7. The van der Waals surface area contributed by atoms with E-state index in [1.165, 1.54) is 38.5 Å². The van der Waals surface area contributed by atoms with Gasteiger partial charge in [-0.1, -0.05) is 86.3 Å². The molecule has 4 aliphatic carbocycles. The number of hydrogen-bond acceptors (Lipinski definition) is 3. The zero-order valence-corrected chi connectivity index (χ0v) is 22.5. The summed E-state index contributed by atoms with van der Waals surface area (Å²) in [4.78, 5) is 0. The van der Waals surface area contributed by atoms with Crippen molar-refractivity contribution >= 4 is 0 Å². The van der Waals surface area contributed by atoms with Gasteiger partial charge in [0.05, 0.1) is 0 Å². The van der Waals surface area contributed by atoms with E-state index in [9.17, 15) is 15.3 Å². The SMILES string of the molecule is CC(C)CCC[C@@H](C)[C@H]1CC[C@@]2(C)[C@@H]3CC=C4[C@@H](C(O)=C(O)C(O)C4(C)C)[C@]3(C)CC[C@]12C. The Morgan fingerprint density at radius 3 is 2.21 bits per heavy atom. The average Bonchev–Trinajstić information content (AvgIpc) is 3.01. The third-order valence-corrected chi connectivity index (χ3v) is 11.7. The van der Waals surface area contributed by atoms with E-state index in [1.54, 1.807) is 0 Å². The fourth-order valence-electron chi connectivity index (χ4n) is 9.39. The average molecular weight is 459 g/mol. The van der Waals surface area contributed by atoms with Crippen LogP contribution in [0.25, 0.3) is 0 Å². The first-order chi connectivity index (χ1) is 15.2. The molecule has 8 atom stereocenters. The number of allylic oxidation sites excluding steroid dienone is 2. The highest BCUT2D eigenvalue weighted by Gasteiger charge is 2.68. The zero-order chi connectivity index (χ0) is 24.6. The maximum absolute atomic E-state index is 11.2. The van der Waals surface area contributed by atoms with E-state index in [1.807, 2.05) is 13.8 Å². The summed E-state index contributed by atoms with van der Waals surface area (Å²) in [7, 11) is 0. The van der Waals surface area contributed by atoms with Crippen molar-refractivity contribution in [1.29, 1.82) is 0 Å². The lowest BCUT2D eigenvalue weighted by Gasteiger charge is -2.65. The number of aliphatic hydroxyl groups excluding tert-OH is 3. The van der Waals surface area contributed by atoms with Crippen LogP contribution in [0.3, 0.4) is 0 Å². The fraction of sp³-hybridized carbons (Fsp3) is 0.867. The molecule has 0 aliphatic heterocycles. The molecule has 2 fully saturated rings. The van der Waals surface area contributed by atoms with Crippen LogP contribution in [0.5, 0.6) is 0 Å². The third-order valence-electron chi connectivity index (χ3n) is 11.7. The minimum absolute atomic E-state index is 0.0316. The van der Waals surface area contributed by atoms with Gasteiger partial charge in [-0.05, 0) is 72.0 Å². The van der Waals surface area contributed by atoms with Crippen molar-refractivity contribution < 1.29 is 15.3 Å². The smallest absolute Gasteiger partial charge is 0.160 e. The minimum atomic E-state index is -1.04. The van der Waals surface area contributed by atoms with Crippen molar-refractivity contribution in [2.75, 3.05) is 0 Å². The van der Waals surface area contributed by atoms with Crippen LogP contribution in [-0.2, 0) is 0 Å². The van der Waals surface area contributed by atoms with Crippen LogP contribution in [-0.4, -0.2) is 21.4 Å². The Labute approximate surface area is 202 Å². The molecular weight excluding hydrogens is 408 g/mol. The number of aliphatic hydroxyl groups is 3. The summed E-state index contributed by atoms with van der Waals surface area (Å²) in [6.07, 6.45) is 11.2. The molecule has 0 spiro atoms. The molecule has 0 radical (unpaired) electrons. The van der Waals surface area contributed by atoms with Gasteiger partial charge >= 0.3 is 0 Å². The molecule has 188 valence electrons. The second-order valence-electron chi connectivity index (χ2n) is 14.1. The molecule has 0 aromatic carbocycles. The van der Waals surface area contributed by atoms with Crippen molar-refractivity contribution in [3.05, 3.63) is 23.2 Å². The van der Waals surface area contributed by atoms with Crippen LogP contribution in [0.1, 0.15) is 107 Å². The van der Waals surface area contributed by atoms with E-state index < -0.39 is 11.5 Å². The molecule has 33 heavy (non-hydrogen) atoms. The van der Waals surface area contributed by atoms with E-state index in [-0.39, 0.29) is 28.3 Å². The van der Waals surface area contributed by atoms with E-state index in [0.717, 1.165) is 36.2 Å². The maximum Gasteiger partial charge on any atom is 0.160 e. The summed E-state index contributed by atoms with van der Waals surface area (Å²) in [5.74, 6) is 2.44. The summed E-state index contributed by atoms with van der Waals surface area (Å²) in [5, 5.41) is 32.6. The molecular formula is C30H50O3. The predicted octanol–water partition coefficient (Wildman–Crippen LogP) is 7.96. The van der Waals surface area contributed by atoms with E-state index in [4.69, 9.17) is 0 Å². The Balaban J connectivity index is 1.67. The van der Waals surface area contributed by atoms with Crippen LogP contribution in [0.2, 0.25) is 0 Å². The van der Waals surface area contributed by atoms with Crippen LogP contribution in [0.4, 0.5) is 0 Å². The molecule has 1 unspecified atom stereocenters. The van der Waals surface area contributed by atoms with E-state index in [0.29, 0.717) is 11.3 Å². The topological polar surface area (TPSA) is 60.7 Å². The quantitative estimate of drug-likeness (QED) is 0.366. The second-order valence-corrected chi connectivity index (χ2v) is 14.1. The Morgan fingerprint density at radius 1 is 0.909 bits per heavy atom. The number of hydrogen-bond donors (Lipinski definition) is 3. The van der Waals surface area contributed by atoms with Gasteiger partial charge in [0, 0.05) is 11.3 Å². The normalized spacial score (nSPS) is 45.3. The molecule has 2 saturated carbocycles. The Bertz CT molecular complexity index is 837. The predicted molar refractivity (Wildman–Crippen MR) is 136 cm³/mol. The minimum Gasteiger partial charge on any atom is -0.508 e. The molecule has 0 saturated heterocycles. The molecule has 0 heterocycles. The summed E-state index contributed by atoms with van der Waals surface area (Å²) >= 11 is 0. The maximum atomic E-state index is 11.2. The van der Waals surface area contributed by atoms with Crippen LogP contribution < -0.4 is 0 Å². The van der Waals surface area contributed by atoms with Crippen molar-refractivity contribution in [1.82, 2.24) is 0 Å². The van der Waals surface area contributed by atoms with Crippen molar-refractivity contribution in [2.45, 2.75) is 113 Å². The van der Waals surface area contributed by atoms with Gasteiger partial charge in [0.1, 0.15) is 11.9 Å². The molecule has 0 aromatic heterocycles. The van der Waals surface area contributed by atoms with E-state index >= 15 is 0 Å². The highest BCUT2D eigenvalue weighted by Crippen LogP contribution is 2.75. The summed E-state index contributed by atoms with van der Waals surface area (Å²) in [6.45, 7) is 18.7. The van der Waals surface area contributed by atoms with Crippen LogP contribution in [0.15, 0.2) is 23.2 Å². The lowest BCUT2D eigenvalue weighted by molar-refractivity contribution is -0.140. The van der Waals surface area contributed by atoms with Gasteiger partial charge in [-0.3, -0.25) is 0 Å². The van der Waals surface area contributed by atoms with Crippen LogP contribution >= 0.6 is 0 Å². The number of fused-ring (bicyclic) bond motifs is 5. The van der Waals surface area contributed by atoms with Gasteiger partial charge in [-0.15, -0.1) is 0 Å². The third kappa shape index (κ3) is 3.38. The highest BCUT2D eigenvalue weighted by atomic mass is 16.3. The van der Waals surface area contributed by atoms with Gasteiger partial charge in [-0.25, -0.2) is 0 Å². The standard InChI is InChI=1S/C30H50O3/c1-18(2)10-9-11-19(3)20-14-15-30(8)22-13-12-21-23(28(22,6)16-17-29(20,30)7)24(31)25(32)26(33)27(21,4)5/h12,18-20,22-23,26,31-33H,9-11,13-17H2,1-8H3/t19-,20-,22-,23+,26?,28-,29-,30+/m1/s1. The molecule has 4 aliphatic rings. The molecule has 0 bridgehead atoms. The van der Waals surface area contributed by atoms with Crippen LogP contribution in [0, 0.1) is 51.2 Å². The highest BCUT2D eigenvalue weighted by molar-refractivity contribution is 5.39. The summed E-state index contributed by atoms with van der Waals surface area (Å²) in [5.41, 5.74) is 1.04. The zero-order valence-electron chi connectivity index (χ0n) is 22.5. The Kier molecular flexibility index (Phi) is 6.12. The monoisotopic (exact) mass is 458 g/mol. The fourth-order valence-corrected chi connectivity index (χ4v) is 9.39. The van der Waals surface area contributed by atoms with E-state index in [2.05, 4.69) is 47.6 Å². The molecule has 4 rings (SSSR count). The van der Waals surface area contributed by atoms with Crippen molar-refractivity contribution in [3.63, 3.8) is 0 Å². The van der Waals surface area contributed by atoms with Gasteiger partial charge in [-0.2, -0.15) is 0 Å². The molecule has 0 aromatic rings. The second kappa shape index (κ2) is 8.04. The summed E-state index contributed by atoms with van der Waals surface area (Å²) in [6, 6.07) is 0. The Hall–Kier alpha value is -0.960. The molecule has 0 amide bonds. The lowest BCUT2D eigenvalue weighted by atomic mass is 9.39.